The van der Waals surface area contributed by atoms with E-state index in [1.54, 1.807) is 7.11 Å². The van der Waals surface area contributed by atoms with E-state index in [1.807, 2.05) is 30.7 Å². The summed E-state index contributed by atoms with van der Waals surface area (Å²) in [5.41, 5.74) is 2.37. The quantitative estimate of drug-likeness (QED) is 0.848. The van der Waals surface area contributed by atoms with Gasteiger partial charge in [-0.1, -0.05) is 18.2 Å². The monoisotopic (exact) mass is 245 g/mol. The fraction of sp³-hybridized carbons (Fsp3) is 0.357. The van der Waals surface area contributed by atoms with E-state index < -0.39 is 0 Å². The van der Waals surface area contributed by atoms with Crippen LogP contribution in [-0.4, -0.2) is 16.7 Å². The number of methoxy groups -OCH3 is 1. The zero-order valence-electron chi connectivity index (χ0n) is 10.9. The van der Waals surface area contributed by atoms with Crippen molar-refractivity contribution in [3.8, 4) is 5.75 Å². The molecule has 0 fully saturated rings. The Balaban J connectivity index is 1.92. The molecule has 1 heterocycles. The highest BCUT2D eigenvalue weighted by atomic mass is 16.5. The standard InChI is InChI=1S/C14H19N3O/c1-3-17-11-16-10-13(17)9-15-8-12-6-4-5-7-14(12)18-2/h4-7,10-11,15H,3,8-9H2,1-2H3. The van der Waals surface area contributed by atoms with E-state index >= 15 is 0 Å². The predicted octanol–water partition coefficient (Wildman–Crippen LogP) is 2.20. The minimum Gasteiger partial charge on any atom is -0.496 e. The minimum absolute atomic E-state index is 0.791. The highest BCUT2D eigenvalue weighted by Gasteiger charge is 2.03. The van der Waals surface area contributed by atoms with Gasteiger partial charge in [0.15, 0.2) is 0 Å². The van der Waals surface area contributed by atoms with E-state index in [0.29, 0.717) is 0 Å². The number of hydrogen-bond acceptors (Lipinski definition) is 3. The normalized spacial score (nSPS) is 10.6. The van der Waals surface area contributed by atoms with Gasteiger partial charge in [0.1, 0.15) is 5.75 Å². The molecule has 0 unspecified atom stereocenters. The molecule has 2 aromatic rings. The molecule has 0 saturated heterocycles. The molecule has 0 radical (unpaired) electrons. The van der Waals surface area contributed by atoms with E-state index in [-0.39, 0.29) is 0 Å². The Labute approximate surface area is 108 Å². The second-order valence-corrected chi connectivity index (χ2v) is 4.09. The second-order valence-electron chi connectivity index (χ2n) is 4.09. The predicted molar refractivity (Wildman–Crippen MR) is 71.4 cm³/mol. The molecule has 96 valence electrons. The number of imidazole rings is 1. The molecule has 0 aliphatic rings. The third kappa shape index (κ3) is 2.90. The summed E-state index contributed by atoms with van der Waals surface area (Å²) < 4.78 is 7.45. The number of hydrogen-bond donors (Lipinski definition) is 1. The van der Waals surface area contributed by atoms with Crippen LogP contribution in [0.1, 0.15) is 18.2 Å². The number of rotatable bonds is 6. The molecule has 0 aliphatic carbocycles. The number of nitrogens with one attached hydrogen (secondary N) is 1. The van der Waals surface area contributed by atoms with Gasteiger partial charge in [-0.25, -0.2) is 4.98 Å². The Bertz CT molecular complexity index is 493. The van der Waals surface area contributed by atoms with Crippen LogP contribution in [0.15, 0.2) is 36.8 Å². The number of aromatic nitrogens is 2. The van der Waals surface area contributed by atoms with Gasteiger partial charge >= 0.3 is 0 Å². The van der Waals surface area contributed by atoms with Gasteiger partial charge in [0.2, 0.25) is 0 Å². The highest BCUT2D eigenvalue weighted by molar-refractivity contribution is 5.32. The molecule has 0 atom stereocenters. The molecule has 1 aromatic heterocycles. The molecule has 0 spiro atoms. The Hall–Kier alpha value is -1.81. The van der Waals surface area contributed by atoms with E-state index in [1.165, 1.54) is 11.3 Å². The van der Waals surface area contributed by atoms with Gasteiger partial charge in [-0.3, -0.25) is 0 Å². The third-order valence-corrected chi connectivity index (χ3v) is 2.95. The van der Waals surface area contributed by atoms with Crippen molar-refractivity contribution in [3.63, 3.8) is 0 Å². The summed E-state index contributed by atoms with van der Waals surface area (Å²) in [5.74, 6) is 0.925. The Morgan fingerprint density at radius 3 is 2.89 bits per heavy atom. The summed E-state index contributed by atoms with van der Waals surface area (Å²) >= 11 is 0. The lowest BCUT2D eigenvalue weighted by Crippen LogP contribution is -2.15. The SMILES string of the molecule is CCn1cncc1CNCc1ccccc1OC. The van der Waals surface area contributed by atoms with Gasteiger partial charge in [0, 0.05) is 31.4 Å². The molecule has 0 saturated carbocycles. The van der Waals surface area contributed by atoms with E-state index in [2.05, 4.69) is 27.9 Å². The average molecular weight is 245 g/mol. The Morgan fingerprint density at radius 1 is 1.28 bits per heavy atom. The van der Waals surface area contributed by atoms with Gasteiger partial charge in [-0.15, -0.1) is 0 Å². The molecular formula is C14H19N3O. The summed E-state index contributed by atoms with van der Waals surface area (Å²) in [7, 11) is 1.70. The van der Waals surface area contributed by atoms with Gasteiger partial charge in [0.25, 0.3) is 0 Å². The number of benzene rings is 1. The molecule has 1 N–H and O–H groups in total. The van der Waals surface area contributed by atoms with Crippen molar-refractivity contribution in [2.75, 3.05) is 7.11 Å². The lowest BCUT2D eigenvalue weighted by atomic mass is 10.2. The summed E-state index contributed by atoms with van der Waals surface area (Å²) in [6.07, 6.45) is 3.76. The molecule has 0 aliphatic heterocycles. The van der Waals surface area contributed by atoms with Gasteiger partial charge in [-0.2, -0.15) is 0 Å². The lowest BCUT2D eigenvalue weighted by molar-refractivity contribution is 0.407. The molecular weight excluding hydrogens is 226 g/mol. The first kappa shape index (κ1) is 12.6. The lowest BCUT2D eigenvalue weighted by Gasteiger charge is -2.10. The Morgan fingerprint density at radius 2 is 2.11 bits per heavy atom. The maximum absolute atomic E-state index is 5.32. The number of para-hydroxylation sites is 1. The van der Waals surface area contributed by atoms with Crippen molar-refractivity contribution < 1.29 is 4.74 Å². The van der Waals surface area contributed by atoms with E-state index in [4.69, 9.17) is 4.74 Å². The van der Waals surface area contributed by atoms with Gasteiger partial charge in [0.05, 0.1) is 19.1 Å². The second kappa shape index (κ2) is 6.21. The highest BCUT2D eigenvalue weighted by Crippen LogP contribution is 2.16. The maximum atomic E-state index is 5.32. The van der Waals surface area contributed by atoms with Crippen molar-refractivity contribution in [3.05, 3.63) is 48.0 Å². The first-order chi connectivity index (χ1) is 8.85. The molecule has 4 nitrogen and oxygen atoms in total. The van der Waals surface area contributed by atoms with Crippen LogP contribution in [-0.2, 0) is 19.6 Å². The maximum Gasteiger partial charge on any atom is 0.123 e. The van der Waals surface area contributed by atoms with Gasteiger partial charge in [-0.05, 0) is 13.0 Å². The van der Waals surface area contributed by atoms with Gasteiger partial charge < -0.3 is 14.6 Å². The molecule has 1 aromatic carbocycles. The summed E-state index contributed by atoms with van der Waals surface area (Å²) in [6, 6.07) is 8.06. The largest absolute Gasteiger partial charge is 0.496 e. The first-order valence-corrected chi connectivity index (χ1v) is 6.16. The van der Waals surface area contributed by atoms with Crippen LogP contribution in [0.4, 0.5) is 0 Å². The fourth-order valence-corrected chi connectivity index (χ4v) is 1.95. The van der Waals surface area contributed by atoms with Crippen molar-refractivity contribution in [2.24, 2.45) is 0 Å². The topological polar surface area (TPSA) is 39.1 Å². The van der Waals surface area contributed by atoms with Crippen LogP contribution in [0.3, 0.4) is 0 Å². The molecule has 4 heteroatoms. The third-order valence-electron chi connectivity index (χ3n) is 2.95. The van der Waals surface area contributed by atoms with E-state index in [9.17, 15) is 0 Å². The number of ether oxygens (including phenoxy) is 1. The smallest absolute Gasteiger partial charge is 0.123 e. The molecule has 0 bridgehead atoms. The Kier molecular flexibility index (Phi) is 4.36. The number of aryl methyl sites for hydroxylation is 1. The van der Waals surface area contributed by atoms with Crippen LogP contribution >= 0.6 is 0 Å². The van der Waals surface area contributed by atoms with Crippen molar-refractivity contribution in [2.45, 2.75) is 26.6 Å². The average Bonchev–Trinajstić information content (AvgIpc) is 2.87. The summed E-state index contributed by atoms with van der Waals surface area (Å²) in [5, 5.41) is 3.41. The van der Waals surface area contributed by atoms with Crippen molar-refractivity contribution >= 4 is 0 Å². The van der Waals surface area contributed by atoms with Crippen LogP contribution in [0.25, 0.3) is 0 Å². The minimum atomic E-state index is 0.791. The molecule has 2 rings (SSSR count). The molecule has 0 amide bonds. The first-order valence-electron chi connectivity index (χ1n) is 6.16. The summed E-state index contributed by atoms with van der Waals surface area (Å²) in [6.45, 7) is 4.67. The van der Waals surface area contributed by atoms with Crippen LogP contribution in [0.5, 0.6) is 5.75 Å². The zero-order valence-corrected chi connectivity index (χ0v) is 10.9. The van der Waals surface area contributed by atoms with Crippen LogP contribution in [0.2, 0.25) is 0 Å². The fourth-order valence-electron chi connectivity index (χ4n) is 1.95. The molecule has 18 heavy (non-hydrogen) atoms. The van der Waals surface area contributed by atoms with E-state index in [0.717, 1.165) is 25.4 Å². The van der Waals surface area contributed by atoms with Crippen molar-refractivity contribution in [1.29, 1.82) is 0 Å². The van der Waals surface area contributed by atoms with Crippen molar-refractivity contribution in [1.82, 2.24) is 14.9 Å². The number of nitrogens with zero attached hydrogens (tertiary/aromatic N) is 2. The summed E-state index contributed by atoms with van der Waals surface area (Å²) in [4.78, 5) is 4.15. The van der Waals surface area contributed by atoms with Crippen LogP contribution < -0.4 is 10.1 Å². The van der Waals surface area contributed by atoms with Crippen LogP contribution in [0, 0.1) is 0 Å². The zero-order chi connectivity index (χ0) is 12.8.